The minimum absolute atomic E-state index is 0.619. The molecule has 5 heteroatoms. The van der Waals surface area contributed by atoms with Gasteiger partial charge in [-0.1, -0.05) is 12.1 Å². The molecule has 0 atom stereocenters. The zero-order chi connectivity index (χ0) is 13.8. The first kappa shape index (κ1) is 13.6. The minimum atomic E-state index is 0.619. The van der Waals surface area contributed by atoms with E-state index in [9.17, 15) is 0 Å². The van der Waals surface area contributed by atoms with E-state index in [-0.39, 0.29) is 0 Å². The van der Waals surface area contributed by atoms with E-state index in [4.69, 9.17) is 4.74 Å². The van der Waals surface area contributed by atoms with Crippen molar-refractivity contribution >= 4 is 15.9 Å². The molecule has 1 N–H and O–H groups in total. The van der Waals surface area contributed by atoms with Crippen LogP contribution < -0.4 is 10.1 Å². The summed E-state index contributed by atoms with van der Waals surface area (Å²) in [5.74, 6) is 0.909. The standard InChI is InChI=1S/C15H18BrN3O/c16-13-10-18-19(11-13)7-8-20-15-5-1-12(2-6-15)9-17-14-3-4-14/h1-2,5-6,10-11,14,17H,3-4,7-9H2. The molecule has 1 aromatic carbocycles. The molecule has 1 aromatic heterocycles. The summed E-state index contributed by atoms with van der Waals surface area (Å²) in [6, 6.07) is 9.05. The number of ether oxygens (including phenoxy) is 1. The van der Waals surface area contributed by atoms with Crippen molar-refractivity contribution < 1.29 is 4.74 Å². The number of halogens is 1. The Morgan fingerprint density at radius 2 is 2.10 bits per heavy atom. The molecule has 2 aromatic rings. The van der Waals surface area contributed by atoms with E-state index in [2.05, 4.69) is 38.5 Å². The second-order valence-corrected chi connectivity index (χ2v) is 5.98. The van der Waals surface area contributed by atoms with Crippen LogP contribution in [0.15, 0.2) is 41.1 Å². The van der Waals surface area contributed by atoms with Crippen LogP contribution in [-0.2, 0) is 13.1 Å². The molecule has 0 radical (unpaired) electrons. The lowest BCUT2D eigenvalue weighted by atomic mass is 10.2. The maximum absolute atomic E-state index is 5.72. The van der Waals surface area contributed by atoms with E-state index in [0.717, 1.165) is 29.4 Å². The highest BCUT2D eigenvalue weighted by Crippen LogP contribution is 2.20. The lowest BCUT2D eigenvalue weighted by Gasteiger charge is -2.08. The summed E-state index contributed by atoms with van der Waals surface area (Å²) in [5, 5.41) is 7.69. The van der Waals surface area contributed by atoms with Crippen molar-refractivity contribution in [2.75, 3.05) is 6.61 Å². The normalized spacial score (nSPS) is 14.4. The monoisotopic (exact) mass is 335 g/mol. The quantitative estimate of drug-likeness (QED) is 0.845. The van der Waals surface area contributed by atoms with Gasteiger partial charge in [-0.25, -0.2) is 0 Å². The number of hydrogen-bond donors (Lipinski definition) is 1. The average Bonchev–Trinajstić information content (AvgIpc) is 3.20. The predicted octanol–water partition coefficient (Wildman–Crippen LogP) is 2.98. The Kier molecular flexibility index (Phi) is 4.38. The molecule has 20 heavy (non-hydrogen) atoms. The van der Waals surface area contributed by atoms with Crippen LogP contribution >= 0.6 is 15.9 Å². The summed E-state index contributed by atoms with van der Waals surface area (Å²) in [4.78, 5) is 0. The van der Waals surface area contributed by atoms with E-state index >= 15 is 0 Å². The van der Waals surface area contributed by atoms with Gasteiger partial charge in [-0.3, -0.25) is 4.68 Å². The summed E-state index contributed by atoms with van der Waals surface area (Å²) in [6.45, 7) is 2.32. The lowest BCUT2D eigenvalue weighted by molar-refractivity contribution is 0.291. The number of nitrogens with zero attached hydrogens (tertiary/aromatic N) is 2. The number of rotatable bonds is 7. The highest BCUT2D eigenvalue weighted by atomic mass is 79.9. The first-order valence-electron chi connectivity index (χ1n) is 6.93. The number of aromatic nitrogens is 2. The van der Waals surface area contributed by atoms with Crippen molar-refractivity contribution in [3.63, 3.8) is 0 Å². The van der Waals surface area contributed by atoms with E-state index < -0.39 is 0 Å². The van der Waals surface area contributed by atoms with Gasteiger partial charge in [0.05, 0.1) is 17.2 Å². The Morgan fingerprint density at radius 3 is 2.75 bits per heavy atom. The van der Waals surface area contributed by atoms with Crippen molar-refractivity contribution in [3.05, 3.63) is 46.7 Å². The van der Waals surface area contributed by atoms with Crippen LogP contribution in [0, 0.1) is 0 Å². The fraction of sp³-hybridized carbons (Fsp3) is 0.400. The summed E-state index contributed by atoms with van der Waals surface area (Å²) in [6.07, 6.45) is 6.37. The fourth-order valence-electron chi connectivity index (χ4n) is 1.97. The summed E-state index contributed by atoms with van der Waals surface area (Å²) >= 11 is 3.38. The summed E-state index contributed by atoms with van der Waals surface area (Å²) in [5.41, 5.74) is 1.31. The molecule has 0 saturated heterocycles. The molecule has 4 nitrogen and oxygen atoms in total. The van der Waals surface area contributed by atoms with E-state index in [1.165, 1.54) is 18.4 Å². The maximum atomic E-state index is 5.72. The van der Waals surface area contributed by atoms with Gasteiger partial charge < -0.3 is 10.1 Å². The summed E-state index contributed by atoms with van der Waals surface area (Å²) in [7, 11) is 0. The molecular weight excluding hydrogens is 318 g/mol. The Bertz CT molecular complexity index is 549. The molecular formula is C15H18BrN3O. The second kappa shape index (κ2) is 6.41. The third-order valence-electron chi connectivity index (χ3n) is 3.29. The topological polar surface area (TPSA) is 39.1 Å². The molecule has 3 rings (SSSR count). The van der Waals surface area contributed by atoms with Crippen LogP contribution in [0.5, 0.6) is 5.75 Å². The Morgan fingerprint density at radius 1 is 1.30 bits per heavy atom. The number of hydrogen-bond acceptors (Lipinski definition) is 3. The molecule has 106 valence electrons. The highest BCUT2D eigenvalue weighted by molar-refractivity contribution is 9.10. The van der Waals surface area contributed by atoms with Gasteiger partial charge in [0.2, 0.25) is 0 Å². The van der Waals surface area contributed by atoms with E-state index in [0.29, 0.717) is 6.61 Å². The first-order valence-corrected chi connectivity index (χ1v) is 7.72. The van der Waals surface area contributed by atoms with Crippen LogP contribution in [0.4, 0.5) is 0 Å². The Hall–Kier alpha value is -1.33. The minimum Gasteiger partial charge on any atom is -0.492 e. The van der Waals surface area contributed by atoms with Gasteiger partial charge in [-0.05, 0) is 46.5 Å². The van der Waals surface area contributed by atoms with Crippen molar-refractivity contribution in [2.24, 2.45) is 0 Å². The predicted molar refractivity (Wildman–Crippen MR) is 81.7 cm³/mol. The van der Waals surface area contributed by atoms with Crippen LogP contribution in [0.3, 0.4) is 0 Å². The zero-order valence-electron chi connectivity index (χ0n) is 11.3. The van der Waals surface area contributed by atoms with Gasteiger partial charge >= 0.3 is 0 Å². The maximum Gasteiger partial charge on any atom is 0.119 e. The van der Waals surface area contributed by atoms with Crippen LogP contribution in [0.1, 0.15) is 18.4 Å². The first-order chi connectivity index (χ1) is 9.79. The van der Waals surface area contributed by atoms with E-state index in [1.807, 2.05) is 23.0 Å². The third kappa shape index (κ3) is 4.08. The molecule has 0 bridgehead atoms. The molecule has 1 heterocycles. The molecule has 0 amide bonds. The molecule has 0 aliphatic heterocycles. The van der Waals surface area contributed by atoms with Crippen molar-refractivity contribution in [3.8, 4) is 5.75 Å². The second-order valence-electron chi connectivity index (χ2n) is 5.07. The lowest BCUT2D eigenvalue weighted by Crippen LogP contribution is -2.15. The smallest absolute Gasteiger partial charge is 0.119 e. The van der Waals surface area contributed by atoms with Gasteiger partial charge in [0.25, 0.3) is 0 Å². The summed E-state index contributed by atoms with van der Waals surface area (Å²) < 4.78 is 8.57. The third-order valence-corrected chi connectivity index (χ3v) is 3.70. The van der Waals surface area contributed by atoms with Gasteiger partial charge in [-0.15, -0.1) is 0 Å². The van der Waals surface area contributed by atoms with Gasteiger partial charge in [0.1, 0.15) is 12.4 Å². The Balaban J connectivity index is 1.42. The van der Waals surface area contributed by atoms with Gasteiger partial charge in [-0.2, -0.15) is 5.10 Å². The molecule has 1 aliphatic rings. The van der Waals surface area contributed by atoms with Crippen LogP contribution in [0.2, 0.25) is 0 Å². The van der Waals surface area contributed by atoms with Crippen molar-refractivity contribution in [2.45, 2.75) is 32.0 Å². The molecule has 1 aliphatic carbocycles. The average molecular weight is 336 g/mol. The molecule has 0 spiro atoms. The van der Waals surface area contributed by atoms with Crippen LogP contribution in [-0.4, -0.2) is 22.4 Å². The molecule has 1 fully saturated rings. The van der Waals surface area contributed by atoms with Crippen molar-refractivity contribution in [1.82, 2.24) is 15.1 Å². The van der Waals surface area contributed by atoms with Gasteiger partial charge in [0, 0.05) is 18.8 Å². The van der Waals surface area contributed by atoms with E-state index in [1.54, 1.807) is 6.20 Å². The Labute approximate surface area is 127 Å². The fourth-order valence-corrected chi connectivity index (χ4v) is 2.30. The molecule has 1 saturated carbocycles. The number of nitrogens with one attached hydrogen (secondary N) is 1. The molecule has 0 unspecified atom stereocenters. The van der Waals surface area contributed by atoms with Crippen LogP contribution in [0.25, 0.3) is 0 Å². The highest BCUT2D eigenvalue weighted by Gasteiger charge is 2.19. The van der Waals surface area contributed by atoms with Crippen molar-refractivity contribution in [1.29, 1.82) is 0 Å². The number of benzene rings is 1. The zero-order valence-corrected chi connectivity index (χ0v) is 12.8. The largest absolute Gasteiger partial charge is 0.492 e. The van der Waals surface area contributed by atoms with Gasteiger partial charge in [0.15, 0.2) is 0 Å². The SMILES string of the molecule is Brc1cnn(CCOc2ccc(CNC3CC3)cc2)c1.